The standard InChI is InChI=1S/C14H8F3N3O2/c15-14(16,17)10-4-5-18-7-9(10)12-19-13(22-8-21)11-3-1-2-6-20(11)12/h1-8H. The Morgan fingerprint density at radius 2 is 2.05 bits per heavy atom. The van der Waals surface area contributed by atoms with Crippen LogP contribution in [0.3, 0.4) is 0 Å². The van der Waals surface area contributed by atoms with Gasteiger partial charge in [0.2, 0.25) is 5.88 Å². The van der Waals surface area contributed by atoms with E-state index in [4.69, 9.17) is 4.74 Å². The molecule has 3 aromatic rings. The fraction of sp³-hybridized carbons (Fsp3) is 0.0714. The van der Waals surface area contributed by atoms with Crippen LogP contribution in [0.2, 0.25) is 0 Å². The van der Waals surface area contributed by atoms with Crippen LogP contribution in [0.1, 0.15) is 5.56 Å². The van der Waals surface area contributed by atoms with Crippen molar-refractivity contribution in [1.82, 2.24) is 14.4 Å². The monoisotopic (exact) mass is 307 g/mol. The zero-order chi connectivity index (χ0) is 15.7. The van der Waals surface area contributed by atoms with Crippen molar-refractivity contribution in [2.45, 2.75) is 6.18 Å². The van der Waals surface area contributed by atoms with Gasteiger partial charge in [-0.05, 0) is 18.2 Å². The van der Waals surface area contributed by atoms with Gasteiger partial charge in [0.15, 0.2) is 5.82 Å². The highest BCUT2D eigenvalue weighted by molar-refractivity contribution is 5.71. The van der Waals surface area contributed by atoms with Gasteiger partial charge < -0.3 is 4.74 Å². The molecule has 0 radical (unpaired) electrons. The van der Waals surface area contributed by atoms with Crippen molar-refractivity contribution >= 4 is 12.0 Å². The average Bonchev–Trinajstić information content (AvgIpc) is 2.86. The number of aromatic nitrogens is 3. The highest BCUT2D eigenvalue weighted by Gasteiger charge is 2.35. The molecule has 112 valence electrons. The number of nitrogens with zero attached hydrogens (tertiary/aromatic N) is 3. The largest absolute Gasteiger partial charge is 0.417 e. The molecule has 0 fully saturated rings. The molecule has 3 rings (SSSR count). The Bertz CT molecular complexity index is 843. The van der Waals surface area contributed by atoms with Crippen LogP contribution in [-0.4, -0.2) is 20.8 Å². The number of imidazole rings is 1. The molecule has 0 saturated heterocycles. The van der Waals surface area contributed by atoms with E-state index in [1.807, 2.05) is 0 Å². The second-order valence-corrected chi connectivity index (χ2v) is 4.33. The average molecular weight is 307 g/mol. The Morgan fingerprint density at radius 3 is 2.77 bits per heavy atom. The van der Waals surface area contributed by atoms with E-state index in [9.17, 15) is 18.0 Å². The fourth-order valence-electron chi connectivity index (χ4n) is 2.15. The van der Waals surface area contributed by atoms with E-state index in [1.165, 1.54) is 10.6 Å². The van der Waals surface area contributed by atoms with Crippen molar-refractivity contribution < 1.29 is 22.7 Å². The van der Waals surface area contributed by atoms with Crippen molar-refractivity contribution in [1.29, 1.82) is 0 Å². The molecular formula is C14H8F3N3O2. The summed E-state index contributed by atoms with van der Waals surface area (Å²) in [5.74, 6) is -0.0737. The Kier molecular flexibility index (Phi) is 3.28. The molecular weight excluding hydrogens is 299 g/mol. The molecule has 3 heterocycles. The Labute approximate surface area is 122 Å². The summed E-state index contributed by atoms with van der Waals surface area (Å²) in [7, 11) is 0. The summed E-state index contributed by atoms with van der Waals surface area (Å²) in [6.07, 6.45) is -0.882. The Balaban J connectivity index is 2.30. The molecule has 0 saturated carbocycles. The van der Waals surface area contributed by atoms with E-state index in [1.54, 1.807) is 18.2 Å². The summed E-state index contributed by atoms with van der Waals surface area (Å²) in [5, 5.41) is 0. The van der Waals surface area contributed by atoms with E-state index in [0.29, 0.717) is 5.52 Å². The van der Waals surface area contributed by atoms with E-state index >= 15 is 0 Å². The maximum Gasteiger partial charge on any atom is 0.417 e. The quantitative estimate of drug-likeness (QED) is 0.698. The number of alkyl halides is 3. The van der Waals surface area contributed by atoms with Crippen LogP contribution in [0.5, 0.6) is 5.88 Å². The van der Waals surface area contributed by atoms with E-state index < -0.39 is 11.7 Å². The van der Waals surface area contributed by atoms with Gasteiger partial charge in [0.1, 0.15) is 5.52 Å². The summed E-state index contributed by atoms with van der Waals surface area (Å²) < 4.78 is 45.6. The number of fused-ring (bicyclic) bond motifs is 1. The molecule has 0 unspecified atom stereocenters. The number of rotatable bonds is 3. The van der Waals surface area contributed by atoms with E-state index in [2.05, 4.69) is 9.97 Å². The lowest BCUT2D eigenvalue weighted by atomic mass is 10.1. The number of halogens is 3. The highest BCUT2D eigenvalue weighted by Crippen LogP contribution is 2.37. The first kappa shape index (κ1) is 14.1. The van der Waals surface area contributed by atoms with Crippen molar-refractivity contribution in [2.75, 3.05) is 0 Å². The Hall–Kier alpha value is -2.90. The summed E-state index contributed by atoms with van der Waals surface area (Å²) in [6, 6.07) is 5.75. The SMILES string of the molecule is O=COc1nc(-c2cnccc2C(F)(F)F)n2ccccc12. The van der Waals surface area contributed by atoms with Crippen LogP contribution < -0.4 is 4.74 Å². The third kappa shape index (κ3) is 2.28. The number of hydrogen-bond acceptors (Lipinski definition) is 4. The second-order valence-electron chi connectivity index (χ2n) is 4.33. The minimum atomic E-state index is -4.55. The summed E-state index contributed by atoms with van der Waals surface area (Å²) in [4.78, 5) is 18.3. The van der Waals surface area contributed by atoms with Gasteiger partial charge in [0.05, 0.1) is 5.56 Å². The molecule has 3 aromatic heterocycles. The van der Waals surface area contributed by atoms with Gasteiger partial charge in [-0.25, -0.2) is 0 Å². The summed E-state index contributed by atoms with van der Waals surface area (Å²) in [5.41, 5.74) is -0.686. The van der Waals surface area contributed by atoms with Gasteiger partial charge in [0.25, 0.3) is 6.47 Å². The van der Waals surface area contributed by atoms with Gasteiger partial charge in [-0.15, -0.1) is 0 Å². The first-order chi connectivity index (χ1) is 10.5. The number of hydrogen-bond donors (Lipinski definition) is 0. The lowest BCUT2D eigenvalue weighted by Crippen LogP contribution is -2.08. The molecule has 0 aliphatic heterocycles. The number of pyridine rings is 2. The molecule has 0 bridgehead atoms. The van der Waals surface area contributed by atoms with Crippen LogP contribution in [0.15, 0.2) is 42.9 Å². The summed E-state index contributed by atoms with van der Waals surface area (Å²) >= 11 is 0. The van der Waals surface area contributed by atoms with Gasteiger partial charge in [-0.1, -0.05) is 6.07 Å². The van der Waals surface area contributed by atoms with Gasteiger partial charge in [0, 0.05) is 24.2 Å². The molecule has 0 atom stereocenters. The zero-order valence-corrected chi connectivity index (χ0v) is 10.9. The molecule has 0 amide bonds. The predicted octanol–water partition coefficient (Wildman–Crippen LogP) is 2.95. The van der Waals surface area contributed by atoms with Crippen LogP contribution in [0, 0.1) is 0 Å². The first-order valence-corrected chi connectivity index (χ1v) is 6.11. The topological polar surface area (TPSA) is 56.5 Å². The number of carbonyl (C=O) groups excluding carboxylic acids is 1. The van der Waals surface area contributed by atoms with Gasteiger partial charge >= 0.3 is 6.18 Å². The second kappa shape index (κ2) is 5.14. The molecule has 0 aliphatic rings. The van der Waals surface area contributed by atoms with Gasteiger partial charge in [-0.3, -0.25) is 14.2 Å². The lowest BCUT2D eigenvalue weighted by Gasteiger charge is -2.11. The summed E-state index contributed by atoms with van der Waals surface area (Å²) in [6.45, 7) is 0.174. The van der Waals surface area contributed by atoms with Crippen LogP contribution >= 0.6 is 0 Å². The third-order valence-electron chi connectivity index (χ3n) is 3.04. The van der Waals surface area contributed by atoms with E-state index in [-0.39, 0.29) is 23.7 Å². The third-order valence-corrected chi connectivity index (χ3v) is 3.04. The fourth-order valence-corrected chi connectivity index (χ4v) is 2.15. The smallest absolute Gasteiger partial charge is 0.407 e. The molecule has 8 heteroatoms. The van der Waals surface area contributed by atoms with Crippen LogP contribution in [-0.2, 0) is 11.0 Å². The first-order valence-electron chi connectivity index (χ1n) is 6.11. The maximum absolute atomic E-state index is 13.1. The predicted molar refractivity (Wildman–Crippen MR) is 70.1 cm³/mol. The molecule has 22 heavy (non-hydrogen) atoms. The molecule has 0 spiro atoms. The van der Waals surface area contributed by atoms with Gasteiger partial charge in [-0.2, -0.15) is 18.2 Å². The van der Waals surface area contributed by atoms with E-state index in [0.717, 1.165) is 18.5 Å². The molecule has 5 nitrogen and oxygen atoms in total. The minimum absolute atomic E-state index is 0.00660. The van der Waals surface area contributed by atoms with Crippen LogP contribution in [0.4, 0.5) is 13.2 Å². The molecule has 0 N–H and O–H groups in total. The Morgan fingerprint density at radius 1 is 1.23 bits per heavy atom. The van der Waals surface area contributed by atoms with Crippen molar-refractivity contribution in [2.24, 2.45) is 0 Å². The highest BCUT2D eigenvalue weighted by atomic mass is 19.4. The van der Waals surface area contributed by atoms with Crippen molar-refractivity contribution in [3.8, 4) is 17.3 Å². The number of ether oxygens (including phenoxy) is 1. The molecule has 0 aromatic carbocycles. The lowest BCUT2D eigenvalue weighted by molar-refractivity contribution is -0.137. The van der Waals surface area contributed by atoms with Crippen molar-refractivity contribution in [3.05, 3.63) is 48.4 Å². The zero-order valence-electron chi connectivity index (χ0n) is 10.9. The minimum Gasteiger partial charge on any atom is -0.407 e. The normalized spacial score (nSPS) is 11.6. The van der Waals surface area contributed by atoms with Crippen LogP contribution in [0.25, 0.3) is 16.9 Å². The van der Waals surface area contributed by atoms with Crippen molar-refractivity contribution in [3.63, 3.8) is 0 Å². The number of carbonyl (C=O) groups is 1. The maximum atomic E-state index is 13.1. The molecule has 0 aliphatic carbocycles.